The third-order valence-corrected chi connectivity index (χ3v) is 6.82. The van der Waals surface area contributed by atoms with Gasteiger partial charge in [0.1, 0.15) is 10.7 Å². The van der Waals surface area contributed by atoms with Crippen LogP contribution in [-0.4, -0.2) is 40.2 Å². The predicted molar refractivity (Wildman–Crippen MR) is 107 cm³/mol. The van der Waals surface area contributed by atoms with Crippen LogP contribution in [0, 0.1) is 0 Å². The molecule has 1 fully saturated rings. The second-order valence-electron chi connectivity index (χ2n) is 6.46. The molecule has 1 aliphatic heterocycles. The molecule has 1 aromatic heterocycles. The largest absolute Gasteiger partial charge is 0.381 e. The van der Waals surface area contributed by atoms with Gasteiger partial charge in [-0.25, -0.2) is 18.1 Å². The number of sulfonamides is 1. The summed E-state index contributed by atoms with van der Waals surface area (Å²) in [6, 6.07) is 8.74. The Morgan fingerprint density at radius 3 is 2.52 bits per heavy atom. The number of pyridine rings is 1. The van der Waals surface area contributed by atoms with E-state index in [0.717, 1.165) is 18.4 Å². The van der Waals surface area contributed by atoms with Crippen LogP contribution in [0.4, 0.5) is 5.82 Å². The Hall–Kier alpha value is -1.38. The molecule has 1 aromatic carbocycles. The van der Waals surface area contributed by atoms with Crippen LogP contribution in [0.15, 0.2) is 41.4 Å². The van der Waals surface area contributed by atoms with Crippen LogP contribution in [-0.2, 0) is 20.2 Å². The van der Waals surface area contributed by atoms with Crippen molar-refractivity contribution in [2.75, 3.05) is 32.1 Å². The van der Waals surface area contributed by atoms with Crippen LogP contribution in [0.5, 0.6) is 0 Å². The summed E-state index contributed by atoms with van der Waals surface area (Å²) >= 11 is 12.5. The van der Waals surface area contributed by atoms with Gasteiger partial charge >= 0.3 is 0 Å². The number of aromatic nitrogens is 1. The van der Waals surface area contributed by atoms with Gasteiger partial charge in [-0.3, -0.25) is 0 Å². The van der Waals surface area contributed by atoms with Crippen LogP contribution < -0.4 is 10.0 Å². The van der Waals surface area contributed by atoms with Gasteiger partial charge in [-0.05, 0) is 49.7 Å². The van der Waals surface area contributed by atoms with Crippen molar-refractivity contribution >= 4 is 39.0 Å². The molecule has 9 heteroatoms. The highest BCUT2D eigenvalue weighted by molar-refractivity contribution is 7.89. The highest BCUT2D eigenvalue weighted by Gasteiger charge is 2.36. The molecule has 0 amide bonds. The molecule has 0 spiro atoms. The molecule has 0 bridgehead atoms. The Bertz CT molecular complexity index is 899. The fraction of sp³-hybridized carbons (Fsp3) is 0.389. The minimum atomic E-state index is -3.50. The highest BCUT2D eigenvalue weighted by atomic mass is 35.5. The van der Waals surface area contributed by atoms with Gasteiger partial charge in [0.2, 0.25) is 10.0 Å². The number of rotatable bonds is 6. The summed E-state index contributed by atoms with van der Waals surface area (Å²) in [6.45, 7) is 1.89. The third kappa shape index (κ3) is 4.55. The summed E-state index contributed by atoms with van der Waals surface area (Å²) in [5.41, 5.74) is 0.816. The first-order chi connectivity index (χ1) is 12.9. The van der Waals surface area contributed by atoms with Gasteiger partial charge in [-0.15, -0.1) is 0 Å². The van der Waals surface area contributed by atoms with E-state index in [4.69, 9.17) is 27.9 Å². The van der Waals surface area contributed by atoms with Gasteiger partial charge < -0.3 is 10.1 Å². The zero-order valence-corrected chi connectivity index (χ0v) is 17.2. The van der Waals surface area contributed by atoms with E-state index in [1.165, 1.54) is 19.3 Å². The lowest BCUT2D eigenvalue weighted by Gasteiger charge is -2.38. The molecule has 0 saturated carbocycles. The molecule has 146 valence electrons. The molecule has 27 heavy (non-hydrogen) atoms. The quantitative estimate of drug-likeness (QED) is 0.734. The molecule has 3 rings (SSSR count). The van der Waals surface area contributed by atoms with E-state index in [9.17, 15) is 8.42 Å². The lowest BCUT2D eigenvalue weighted by Crippen LogP contribution is -2.40. The summed E-state index contributed by atoms with van der Waals surface area (Å²) in [6.07, 6.45) is 2.96. The number of nitrogens with one attached hydrogen (secondary N) is 2. The van der Waals surface area contributed by atoms with E-state index in [1.807, 2.05) is 12.1 Å². The van der Waals surface area contributed by atoms with E-state index in [0.29, 0.717) is 35.6 Å². The second-order valence-corrected chi connectivity index (χ2v) is 9.19. The third-order valence-electron chi connectivity index (χ3n) is 4.88. The fourth-order valence-electron chi connectivity index (χ4n) is 3.24. The van der Waals surface area contributed by atoms with Crippen LogP contribution in [0.1, 0.15) is 18.4 Å². The maximum atomic E-state index is 11.8. The Labute approximate surface area is 169 Å². The molecule has 1 aliphatic rings. The Morgan fingerprint density at radius 2 is 1.93 bits per heavy atom. The first-order valence-electron chi connectivity index (χ1n) is 8.53. The first-order valence-corrected chi connectivity index (χ1v) is 10.8. The second kappa shape index (κ2) is 8.32. The molecule has 0 radical (unpaired) electrons. The van der Waals surface area contributed by atoms with Crippen molar-refractivity contribution < 1.29 is 13.2 Å². The molecule has 2 heterocycles. The molecule has 2 aromatic rings. The van der Waals surface area contributed by atoms with Crippen molar-refractivity contribution in [2.45, 2.75) is 23.2 Å². The summed E-state index contributed by atoms with van der Waals surface area (Å²) in [7, 11) is -2.13. The molecule has 0 atom stereocenters. The lowest BCUT2D eigenvalue weighted by molar-refractivity contribution is 0.0544. The Morgan fingerprint density at radius 1 is 1.19 bits per heavy atom. The summed E-state index contributed by atoms with van der Waals surface area (Å²) in [5, 5.41) is 4.55. The van der Waals surface area contributed by atoms with E-state index in [1.54, 1.807) is 12.1 Å². The van der Waals surface area contributed by atoms with Crippen molar-refractivity contribution in [3.8, 4) is 0 Å². The molecule has 0 aliphatic carbocycles. The van der Waals surface area contributed by atoms with E-state index in [-0.39, 0.29) is 10.3 Å². The van der Waals surface area contributed by atoms with Crippen LogP contribution in [0.2, 0.25) is 10.0 Å². The smallest absolute Gasteiger partial charge is 0.241 e. The molecule has 2 N–H and O–H groups in total. The summed E-state index contributed by atoms with van der Waals surface area (Å²) in [4.78, 5) is 4.35. The van der Waals surface area contributed by atoms with Gasteiger partial charge in [0.15, 0.2) is 0 Å². The average Bonchev–Trinajstić information content (AvgIpc) is 2.67. The molecular formula is C18H21Cl2N3O3S. The number of hydrogen-bond donors (Lipinski definition) is 2. The van der Waals surface area contributed by atoms with E-state index < -0.39 is 10.0 Å². The number of halogens is 2. The lowest BCUT2D eigenvalue weighted by atomic mass is 9.74. The maximum Gasteiger partial charge on any atom is 0.241 e. The van der Waals surface area contributed by atoms with E-state index >= 15 is 0 Å². The zero-order chi connectivity index (χ0) is 19.5. The van der Waals surface area contributed by atoms with Crippen molar-refractivity contribution in [2.24, 2.45) is 0 Å². The SMILES string of the molecule is CNS(=O)(=O)c1ccc(NCC2(c3ccc(Cl)cc3Cl)CCOCC2)nc1. The van der Waals surface area contributed by atoms with Gasteiger partial charge in [-0.2, -0.15) is 0 Å². The van der Waals surface area contributed by atoms with Crippen molar-refractivity contribution in [3.05, 3.63) is 52.1 Å². The van der Waals surface area contributed by atoms with Crippen molar-refractivity contribution in [1.82, 2.24) is 9.71 Å². The van der Waals surface area contributed by atoms with Crippen molar-refractivity contribution in [1.29, 1.82) is 0 Å². The monoisotopic (exact) mass is 429 g/mol. The van der Waals surface area contributed by atoms with Crippen LogP contribution >= 0.6 is 23.2 Å². The van der Waals surface area contributed by atoms with Gasteiger partial charge in [0.25, 0.3) is 0 Å². The zero-order valence-electron chi connectivity index (χ0n) is 14.8. The van der Waals surface area contributed by atoms with Crippen molar-refractivity contribution in [3.63, 3.8) is 0 Å². The van der Waals surface area contributed by atoms with E-state index in [2.05, 4.69) is 15.0 Å². The summed E-state index contributed by atoms with van der Waals surface area (Å²) < 4.78 is 31.4. The number of benzene rings is 1. The standard InChI is InChI=1S/C18H21Cl2N3O3S/c1-21-27(24,25)14-3-5-17(22-11-14)23-12-18(6-8-26-9-7-18)15-4-2-13(19)10-16(15)20/h2-5,10-11,21H,6-9,12H2,1H3,(H,22,23). The predicted octanol–water partition coefficient (Wildman–Crippen LogP) is 3.46. The number of nitrogens with zero attached hydrogens (tertiary/aromatic N) is 1. The maximum absolute atomic E-state index is 11.8. The average molecular weight is 430 g/mol. The molecule has 6 nitrogen and oxygen atoms in total. The minimum absolute atomic E-state index is 0.122. The number of hydrogen-bond acceptors (Lipinski definition) is 5. The number of ether oxygens (including phenoxy) is 1. The van der Waals surface area contributed by atoms with Crippen LogP contribution in [0.3, 0.4) is 0 Å². The summed E-state index contributed by atoms with van der Waals surface area (Å²) in [5.74, 6) is 0.598. The normalized spacial score (nSPS) is 16.9. The highest BCUT2D eigenvalue weighted by Crippen LogP contribution is 2.39. The molecule has 1 saturated heterocycles. The Balaban J connectivity index is 1.82. The first kappa shape index (κ1) is 20.4. The number of anilines is 1. The van der Waals surface area contributed by atoms with Gasteiger partial charge in [0.05, 0.1) is 0 Å². The van der Waals surface area contributed by atoms with Gasteiger partial charge in [-0.1, -0.05) is 29.3 Å². The minimum Gasteiger partial charge on any atom is -0.381 e. The topological polar surface area (TPSA) is 80.3 Å². The van der Waals surface area contributed by atoms with Gasteiger partial charge in [0, 0.05) is 41.4 Å². The Kier molecular flexibility index (Phi) is 6.28. The molecular weight excluding hydrogens is 409 g/mol. The molecule has 0 unspecified atom stereocenters. The van der Waals surface area contributed by atoms with Crippen LogP contribution in [0.25, 0.3) is 0 Å². The fourth-order valence-corrected chi connectivity index (χ4v) is 4.53.